The number of ether oxygens (including phenoxy) is 3. The molecule has 31 heavy (non-hydrogen) atoms. The van der Waals surface area contributed by atoms with Gasteiger partial charge in [0, 0.05) is 18.4 Å². The summed E-state index contributed by atoms with van der Waals surface area (Å²) < 4.78 is 17.0. The molecule has 1 fully saturated rings. The molecule has 0 bridgehead atoms. The standard InChI is InChI=1S/C27H34O4/c1-5-8-20-17-23(30-18-24-19-31-24)11-12-25(20)27(3,4)22-10-13-26(29-15-7-14-28)21(16-22)9-6-2/h5-6,10-13,16-17,24,28H,1-2,7-9,14-15,18-19H2,3-4H3. The molecule has 3 rings (SSSR count). The number of benzene rings is 2. The quantitative estimate of drug-likeness (QED) is 0.280. The van der Waals surface area contributed by atoms with E-state index >= 15 is 0 Å². The Hall–Kier alpha value is -2.56. The van der Waals surface area contributed by atoms with Crippen LogP contribution in [0.2, 0.25) is 0 Å². The molecule has 166 valence electrons. The minimum atomic E-state index is -0.212. The van der Waals surface area contributed by atoms with Crippen molar-refractivity contribution in [3.05, 3.63) is 84.0 Å². The number of aliphatic hydroxyl groups is 1. The summed E-state index contributed by atoms with van der Waals surface area (Å²) in [5.41, 5.74) is 4.57. The summed E-state index contributed by atoms with van der Waals surface area (Å²) in [5.74, 6) is 1.72. The van der Waals surface area contributed by atoms with Gasteiger partial charge in [0.15, 0.2) is 0 Å². The zero-order chi connectivity index (χ0) is 22.3. The molecular weight excluding hydrogens is 388 g/mol. The number of aliphatic hydroxyl groups excluding tert-OH is 1. The van der Waals surface area contributed by atoms with Gasteiger partial charge >= 0.3 is 0 Å². The van der Waals surface area contributed by atoms with Crippen LogP contribution < -0.4 is 9.47 Å². The van der Waals surface area contributed by atoms with Gasteiger partial charge in [0.2, 0.25) is 0 Å². The Balaban J connectivity index is 1.90. The van der Waals surface area contributed by atoms with E-state index in [0.29, 0.717) is 19.6 Å². The van der Waals surface area contributed by atoms with E-state index in [9.17, 15) is 0 Å². The third kappa shape index (κ3) is 5.99. The monoisotopic (exact) mass is 422 g/mol. The van der Waals surface area contributed by atoms with Gasteiger partial charge in [0.05, 0.1) is 13.2 Å². The van der Waals surface area contributed by atoms with Crippen molar-refractivity contribution in [1.82, 2.24) is 0 Å². The molecule has 2 aromatic carbocycles. The van der Waals surface area contributed by atoms with E-state index in [4.69, 9.17) is 19.3 Å². The fourth-order valence-corrected chi connectivity index (χ4v) is 3.77. The third-order valence-corrected chi connectivity index (χ3v) is 5.66. The van der Waals surface area contributed by atoms with Crippen molar-refractivity contribution in [2.24, 2.45) is 0 Å². The second-order valence-corrected chi connectivity index (χ2v) is 8.44. The minimum absolute atomic E-state index is 0.126. The first-order valence-corrected chi connectivity index (χ1v) is 11.0. The van der Waals surface area contributed by atoms with Crippen molar-refractivity contribution in [1.29, 1.82) is 0 Å². The van der Waals surface area contributed by atoms with Gasteiger partial charge < -0.3 is 19.3 Å². The Labute approximate surface area is 186 Å². The normalized spacial score (nSPS) is 15.4. The van der Waals surface area contributed by atoms with Crippen LogP contribution in [0.3, 0.4) is 0 Å². The van der Waals surface area contributed by atoms with E-state index in [0.717, 1.165) is 36.5 Å². The van der Waals surface area contributed by atoms with E-state index < -0.39 is 0 Å². The van der Waals surface area contributed by atoms with Crippen molar-refractivity contribution in [3.8, 4) is 11.5 Å². The minimum Gasteiger partial charge on any atom is -0.493 e. The molecule has 4 nitrogen and oxygen atoms in total. The highest BCUT2D eigenvalue weighted by Crippen LogP contribution is 2.37. The Kier molecular flexibility index (Phi) is 7.94. The molecule has 2 aromatic rings. The van der Waals surface area contributed by atoms with Gasteiger partial charge in [0.25, 0.3) is 0 Å². The molecule has 0 aromatic heterocycles. The predicted molar refractivity (Wildman–Crippen MR) is 125 cm³/mol. The van der Waals surface area contributed by atoms with Gasteiger partial charge in [0.1, 0.15) is 24.2 Å². The lowest BCUT2D eigenvalue weighted by atomic mass is 9.75. The van der Waals surface area contributed by atoms with Crippen LogP contribution >= 0.6 is 0 Å². The number of epoxide rings is 1. The maximum Gasteiger partial charge on any atom is 0.122 e. The lowest BCUT2D eigenvalue weighted by Crippen LogP contribution is -2.21. The van der Waals surface area contributed by atoms with Crippen LogP contribution in [0, 0.1) is 0 Å². The molecule has 1 unspecified atom stereocenters. The molecular formula is C27H34O4. The highest BCUT2D eigenvalue weighted by molar-refractivity contribution is 5.49. The highest BCUT2D eigenvalue weighted by atomic mass is 16.6. The zero-order valence-corrected chi connectivity index (χ0v) is 18.7. The first kappa shape index (κ1) is 23.1. The van der Waals surface area contributed by atoms with Gasteiger partial charge in [-0.2, -0.15) is 0 Å². The fourth-order valence-electron chi connectivity index (χ4n) is 3.77. The van der Waals surface area contributed by atoms with E-state index in [2.05, 4.69) is 51.3 Å². The first-order chi connectivity index (χ1) is 15.0. The van der Waals surface area contributed by atoms with Crippen molar-refractivity contribution in [3.63, 3.8) is 0 Å². The fraction of sp³-hybridized carbons (Fsp3) is 0.407. The summed E-state index contributed by atoms with van der Waals surface area (Å²) >= 11 is 0. The second kappa shape index (κ2) is 10.7. The van der Waals surface area contributed by atoms with Crippen LogP contribution in [-0.2, 0) is 23.0 Å². The lowest BCUT2D eigenvalue weighted by molar-refractivity contribution is 0.232. The highest BCUT2D eigenvalue weighted by Gasteiger charge is 2.27. The smallest absolute Gasteiger partial charge is 0.122 e. The molecule has 0 amide bonds. The maximum atomic E-state index is 9.03. The largest absolute Gasteiger partial charge is 0.493 e. The molecule has 0 radical (unpaired) electrons. The zero-order valence-electron chi connectivity index (χ0n) is 18.7. The summed E-state index contributed by atoms with van der Waals surface area (Å²) in [7, 11) is 0. The summed E-state index contributed by atoms with van der Waals surface area (Å²) in [6.07, 6.45) is 6.19. The summed E-state index contributed by atoms with van der Waals surface area (Å²) in [6, 6.07) is 12.7. The van der Waals surface area contributed by atoms with E-state index in [1.807, 2.05) is 24.3 Å². The van der Waals surface area contributed by atoms with Crippen molar-refractivity contribution in [2.45, 2.75) is 44.6 Å². The number of allylic oxidation sites excluding steroid dienone is 2. The maximum absolute atomic E-state index is 9.03. The van der Waals surface area contributed by atoms with Gasteiger partial charge in [-0.05, 0) is 53.3 Å². The summed E-state index contributed by atoms with van der Waals surface area (Å²) in [6.45, 7) is 14.3. The van der Waals surface area contributed by atoms with Crippen LogP contribution in [0.25, 0.3) is 0 Å². The SMILES string of the molecule is C=CCc1cc(C(C)(C)c2ccc(OCC3CO3)cc2CC=C)ccc1OCCCO. The number of hydrogen-bond acceptors (Lipinski definition) is 4. The van der Waals surface area contributed by atoms with Crippen molar-refractivity contribution < 1.29 is 19.3 Å². The molecule has 4 heteroatoms. The Morgan fingerprint density at radius 2 is 1.81 bits per heavy atom. The number of rotatable bonds is 13. The van der Waals surface area contributed by atoms with Gasteiger partial charge in [-0.25, -0.2) is 0 Å². The van der Waals surface area contributed by atoms with Crippen molar-refractivity contribution in [2.75, 3.05) is 26.4 Å². The molecule has 1 atom stereocenters. The summed E-state index contributed by atoms with van der Waals surface area (Å²) in [4.78, 5) is 0. The van der Waals surface area contributed by atoms with E-state index in [1.165, 1.54) is 16.7 Å². The van der Waals surface area contributed by atoms with Gasteiger partial charge in [-0.15, -0.1) is 13.2 Å². The third-order valence-electron chi connectivity index (χ3n) is 5.66. The van der Waals surface area contributed by atoms with Crippen LogP contribution in [0.4, 0.5) is 0 Å². The molecule has 1 heterocycles. The van der Waals surface area contributed by atoms with Gasteiger partial charge in [-0.3, -0.25) is 0 Å². The lowest BCUT2D eigenvalue weighted by Gasteiger charge is -2.30. The molecule has 1 aliphatic heterocycles. The van der Waals surface area contributed by atoms with Gasteiger partial charge in [-0.1, -0.05) is 44.2 Å². The molecule has 1 N–H and O–H groups in total. The number of hydrogen-bond donors (Lipinski definition) is 1. The molecule has 1 saturated heterocycles. The van der Waals surface area contributed by atoms with Crippen LogP contribution in [0.1, 0.15) is 42.5 Å². The molecule has 0 spiro atoms. The predicted octanol–water partition coefficient (Wildman–Crippen LogP) is 5.01. The Morgan fingerprint density at radius 3 is 2.48 bits per heavy atom. The Bertz CT molecular complexity index is 896. The molecule has 1 aliphatic rings. The average molecular weight is 423 g/mol. The van der Waals surface area contributed by atoms with Crippen molar-refractivity contribution >= 4 is 0 Å². The van der Waals surface area contributed by atoms with Crippen LogP contribution in [-0.4, -0.2) is 37.6 Å². The van der Waals surface area contributed by atoms with E-state index in [1.54, 1.807) is 0 Å². The molecule has 0 saturated carbocycles. The van der Waals surface area contributed by atoms with E-state index in [-0.39, 0.29) is 18.1 Å². The average Bonchev–Trinajstić information content (AvgIpc) is 3.58. The molecule has 0 aliphatic carbocycles. The van der Waals surface area contributed by atoms with Crippen LogP contribution in [0.15, 0.2) is 61.7 Å². The topological polar surface area (TPSA) is 51.2 Å². The van der Waals surface area contributed by atoms with Crippen LogP contribution in [0.5, 0.6) is 11.5 Å². The summed E-state index contributed by atoms with van der Waals surface area (Å²) in [5, 5.41) is 9.03. The Morgan fingerprint density at radius 1 is 1.06 bits per heavy atom. The first-order valence-electron chi connectivity index (χ1n) is 11.0. The second-order valence-electron chi connectivity index (χ2n) is 8.44.